The molecule has 16 heavy (non-hydrogen) atoms. The van der Waals surface area contributed by atoms with Crippen LogP contribution in [0.5, 0.6) is 5.75 Å². The Morgan fingerprint density at radius 2 is 2.25 bits per heavy atom. The second-order valence-electron chi connectivity index (χ2n) is 2.91. The molecule has 1 atom stereocenters. The van der Waals surface area contributed by atoms with Crippen molar-refractivity contribution in [3.8, 4) is 5.75 Å². The SMILES string of the molecule is COc1cc(F)cc(F)c1C(CO)N=[N+]=[N-]. The number of methoxy groups -OCH3 is 1. The van der Waals surface area contributed by atoms with Crippen LogP contribution in [0.2, 0.25) is 0 Å². The number of aliphatic hydroxyl groups excluding tert-OH is 1. The average molecular weight is 229 g/mol. The lowest BCUT2D eigenvalue weighted by molar-refractivity contribution is 0.261. The summed E-state index contributed by atoms with van der Waals surface area (Å²) in [6, 6.07) is 0.446. The second-order valence-corrected chi connectivity index (χ2v) is 2.91. The minimum absolute atomic E-state index is 0.107. The molecule has 0 bridgehead atoms. The van der Waals surface area contributed by atoms with Gasteiger partial charge in [0.15, 0.2) is 0 Å². The largest absolute Gasteiger partial charge is 0.496 e. The summed E-state index contributed by atoms with van der Waals surface area (Å²) >= 11 is 0. The van der Waals surface area contributed by atoms with Crippen molar-refractivity contribution in [2.45, 2.75) is 6.04 Å². The number of aliphatic hydroxyl groups is 1. The highest BCUT2D eigenvalue weighted by molar-refractivity contribution is 5.38. The Hall–Kier alpha value is -1.85. The van der Waals surface area contributed by atoms with Gasteiger partial charge in [0.25, 0.3) is 0 Å². The molecule has 0 aliphatic rings. The highest BCUT2D eigenvalue weighted by atomic mass is 19.1. The number of benzene rings is 1. The van der Waals surface area contributed by atoms with Crippen LogP contribution < -0.4 is 4.74 Å². The van der Waals surface area contributed by atoms with Crippen molar-refractivity contribution in [2.24, 2.45) is 5.11 Å². The summed E-state index contributed by atoms with van der Waals surface area (Å²) in [5.74, 6) is -1.84. The highest BCUT2D eigenvalue weighted by Crippen LogP contribution is 2.31. The number of halogens is 2. The van der Waals surface area contributed by atoms with Gasteiger partial charge in [-0.3, -0.25) is 0 Å². The molecule has 0 spiro atoms. The van der Waals surface area contributed by atoms with Crippen LogP contribution in [0.25, 0.3) is 10.4 Å². The van der Waals surface area contributed by atoms with Crippen LogP contribution in [0.3, 0.4) is 0 Å². The first-order valence-electron chi connectivity index (χ1n) is 4.32. The second kappa shape index (κ2) is 5.29. The maximum absolute atomic E-state index is 13.4. The van der Waals surface area contributed by atoms with Crippen LogP contribution >= 0.6 is 0 Å². The number of nitrogens with zero attached hydrogens (tertiary/aromatic N) is 3. The molecule has 0 radical (unpaired) electrons. The molecule has 1 aromatic carbocycles. The fourth-order valence-electron chi connectivity index (χ4n) is 1.30. The van der Waals surface area contributed by atoms with Gasteiger partial charge in [0.2, 0.25) is 0 Å². The van der Waals surface area contributed by atoms with Crippen LogP contribution in [0.1, 0.15) is 11.6 Å². The van der Waals surface area contributed by atoms with Gasteiger partial charge in [0.1, 0.15) is 17.4 Å². The van der Waals surface area contributed by atoms with Gasteiger partial charge in [-0.05, 0) is 5.53 Å². The standard InChI is InChI=1S/C9H9F2N3O2/c1-16-8-3-5(10)2-6(11)9(8)7(4-15)13-14-12/h2-3,7,15H,4H2,1H3. The molecule has 1 aromatic rings. The van der Waals surface area contributed by atoms with Crippen LogP contribution in [-0.4, -0.2) is 18.8 Å². The number of ether oxygens (including phenoxy) is 1. The maximum atomic E-state index is 13.4. The van der Waals surface area contributed by atoms with Gasteiger partial charge in [-0.2, -0.15) is 0 Å². The predicted octanol–water partition coefficient (Wildman–Crippen LogP) is 2.32. The molecule has 0 saturated heterocycles. The smallest absolute Gasteiger partial charge is 0.133 e. The Kier molecular flexibility index (Phi) is 4.04. The van der Waals surface area contributed by atoms with E-state index in [0.29, 0.717) is 6.07 Å². The molecule has 1 unspecified atom stereocenters. The van der Waals surface area contributed by atoms with Gasteiger partial charge in [0, 0.05) is 22.6 Å². The number of rotatable bonds is 4. The molecule has 0 aliphatic heterocycles. The molecule has 0 saturated carbocycles. The van der Waals surface area contributed by atoms with Crippen LogP contribution in [-0.2, 0) is 0 Å². The van der Waals surface area contributed by atoms with E-state index < -0.39 is 24.3 Å². The molecule has 86 valence electrons. The average Bonchev–Trinajstić information content (AvgIpc) is 2.25. The molecule has 1 N–H and O–H groups in total. The van der Waals surface area contributed by atoms with Gasteiger partial charge >= 0.3 is 0 Å². The number of azide groups is 1. The highest BCUT2D eigenvalue weighted by Gasteiger charge is 2.20. The van der Waals surface area contributed by atoms with Gasteiger partial charge in [-0.15, -0.1) is 0 Å². The van der Waals surface area contributed by atoms with Crippen molar-refractivity contribution >= 4 is 0 Å². The van der Waals surface area contributed by atoms with Crippen LogP contribution in [0, 0.1) is 11.6 Å². The lowest BCUT2D eigenvalue weighted by atomic mass is 10.1. The van der Waals surface area contributed by atoms with E-state index in [1.807, 2.05) is 0 Å². The van der Waals surface area contributed by atoms with Crippen LogP contribution in [0.4, 0.5) is 8.78 Å². The quantitative estimate of drug-likeness (QED) is 0.488. The molecule has 0 amide bonds. The van der Waals surface area contributed by atoms with E-state index in [9.17, 15) is 8.78 Å². The zero-order valence-electron chi connectivity index (χ0n) is 8.39. The van der Waals surface area contributed by atoms with E-state index in [2.05, 4.69) is 10.0 Å². The third kappa shape index (κ3) is 2.39. The molecule has 0 aliphatic carbocycles. The van der Waals surface area contributed by atoms with E-state index in [1.54, 1.807) is 0 Å². The Morgan fingerprint density at radius 1 is 1.56 bits per heavy atom. The fraction of sp³-hybridized carbons (Fsp3) is 0.333. The minimum Gasteiger partial charge on any atom is -0.496 e. The van der Waals surface area contributed by atoms with E-state index in [4.69, 9.17) is 15.4 Å². The Bertz CT molecular complexity index is 433. The zero-order valence-corrected chi connectivity index (χ0v) is 8.39. The van der Waals surface area contributed by atoms with Gasteiger partial charge in [-0.25, -0.2) is 8.78 Å². The summed E-state index contributed by atoms with van der Waals surface area (Å²) in [6.45, 7) is -0.594. The summed E-state index contributed by atoms with van der Waals surface area (Å²) in [5, 5.41) is 12.1. The zero-order chi connectivity index (χ0) is 12.1. The molecule has 0 aromatic heterocycles. The number of hydrogen-bond acceptors (Lipinski definition) is 3. The third-order valence-electron chi connectivity index (χ3n) is 1.97. The summed E-state index contributed by atoms with van der Waals surface area (Å²) < 4.78 is 31.1. The molecule has 0 heterocycles. The van der Waals surface area contributed by atoms with Gasteiger partial charge in [0.05, 0.1) is 19.8 Å². The van der Waals surface area contributed by atoms with E-state index in [0.717, 1.165) is 6.07 Å². The van der Waals surface area contributed by atoms with Crippen molar-refractivity contribution in [2.75, 3.05) is 13.7 Å². The van der Waals surface area contributed by atoms with Crippen LogP contribution in [0.15, 0.2) is 17.2 Å². The molecule has 0 fully saturated rings. The summed E-state index contributed by atoms with van der Waals surface area (Å²) in [5.41, 5.74) is 8.09. The minimum atomic E-state index is -1.14. The van der Waals surface area contributed by atoms with Gasteiger partial charge < -0.3 is 9.84 Å². The van der Waals surface area contributed by atoms with Gasteiger partial charge in [-0.1, -0.05) is 5.11 Å². The summed E-state index contributed by atoms with van der Waals surface area (Å²) in [6.07, 6.45) is 0. The Morgan fingerprint density at radius 3 is 2.75 bits per heavy atom. The van der Waals surface area contributed by atoms with Crippen molar-refractivity contribution in [3.05, 3.63) is 39.8 Å². The Balaban J connectivity index is 3.34. The van der Waals surface area contributed by atoms with E-state index in [-0.39, 0.29) is 11.3 Å². The molecule has 1 rings (SSSR count). The van der Waals surface area contributed by atoms with Crippen molar-refractivity contribution in [1.82, 2.24) is 0 Å². The van der Waals surface area contributed by atoms with E-state index in [1.165, 1.54) is 7.11 Å². The lowest BCUT2D eigenvalue weighted by Crippen LogP contribution is -2.06. The normalized spacial score (nSPS) is 11.8. The topological polar surface area (TPSA) is 78.2 Å². The van der Waals surface area contributed by atoms with Crippen molar-refractivity contribution < 1.29 is 18.6 Å². The summed E-state index contributed by atoms with van der Waals surface area (Å²) in [4.78, 5) is 2.47. The van der Waals surface area contributed by atoms with Crippen molar-refractivity contribution in [3.63, 3.8) is 0 Å². The first-order valence-corrected chi connectivity index (χ1v) is 4.32. The molecule has 7 heteroatoms. The molecular formula is C9H9F2N3O2. The molecular weight excluding hydrogens is 220 g/mol. The van der Waals surface area contributed by atoms with Crippen molar-refractivity contribution in [1.29, 1.82) is 0 Å². The Labute approximate surface area is 89.9 Å². The third-order valence-corrected chi connectivity index (χ3v) is 1.97. The fourth-order valence-corrected chi connectivity index (χ4v) is 1.30. The first-order chi connectivity index (χ1) is 7.63. The maximum Gasteiger partial charge on any atom is 0.133 e. The van der Waals surface area contributed by atoms with E-state index >= 15 is 0 Å². The predicted molar refractivity (Wildman–Crippen MR) is 51.9 cm³/mol. The summed E-state index contributed by atoms with van der Waals surface area (Å²) in [7, 11) is 1.22. The first kappa shape index (κ1) is 12.2. The monoisotopic (exact) mass is 229 g/mol. The number of hydrogen-bond donors (Lipinski definition) is 1. The molecule has 5 nitrogen and oxygen atoms in total. The lowest BCUT2D eigenvalue weighted by Gasteiger charge is -2.14.